The molecule has 0 fully saturated rings. The first kappa shape index (κ1) is 15.5. The minimum atomic E-state index is -0.853. The van der Waals surface area contributed by atoms with E-state index in [1.165, 1.54) is 6.07 Å². The number of phenolic OH excluding ortho intramolecular Hbond substituents is 1. The molecule has 0 unspecified atom stereocenters. The predicted molar refractivity (Wildman–Crippen MR) is 73.2 cm³/mol. The number of benzene rings is 1. The lowest BCUT2D eigenvalue weighted by molar-refractivity contribution is -0.136. The average Bonchev–Trinajstić information content (AvgIpc) is 2.42. The van der Waals surface area contributed by atoms with Gasteiger partial charge in [-0.3, -0.25) is 14.4 Å². The zero-order chi connectivity index (χ0) is 15.0. The molecule has 0 spiro atoms. The lowest BCUT2D eigenvalue weighted by atomic mass is 10.2. The Morgan fingerprint density at radius 3 is 2.70 bits per heavy atom. The van der Waals surface area contributed by atoms with Crippen LogP contribution in [0.15, 0.2) is 18.2 Å². The van der Waals surface area contributed by atoms with Gasteiger partial charge in [0.1, 0.15) is 5.75 Å². The van der Waals surface area contributed by atoms with Gasteiger partial charge in [0.2, 0.25) is 6.41 Å². The first-order chi connectivity index (χ1) is 9.54. The predicted octanol–water partition coefficient (Wildman–Crippen LogP) is -0.109. The fourth-order valence-electron chi connectivity index (χ4n) is 1.46. The van der Waals surface area contributed by atoms with Crippen LogP contribution in [0.2, 0.25) is 0 Å². The molecule has 4 N–H and O–H groups in total. The standard InChI is InChI=1S/C13H17N3O4/c1-9-3-4-11(18)10(7-9)16-13(20)12(19)15-6-2-5-14-8-17/h3-4,7-8,18H,2,5-6H2,1H3,(H,14,17)(H,15,19)(H,16,20). The molecule has 0 radical (unpaired) electrons. The summed E-state index contributed by atoms with van der Waals surface area (Å²) in [7, 11) is 0. The maximum atomic E-state index is 11.6. The topological polar surface area (TPSA) is 108 Å². The van der Waals surface area contributed by atoms with E-state index >= 15 is 0 Å². The Labute approximate surface area is 116 Å². The van der Waals surface area contributed by atoms with Crippen LogP contribution in [-0.2, 0) is 14.4 Å². The summed E-state index contributed by atoms with van der Waals surface area (Å²) < 4.78 is 0. The van der Waals surface area contributed by atoms with Gasteiger partial charge in [0.05, 0.1) is 5.69 Å². The van der Waals surface area contributed by atoms with Crippen molar-refractivity contribution >= 4 is 23.9 Å². The number of nitrogens with one attached hydrogen (secondary N) is 3. The van der Waals surface area contributed by atoms with E-state index in [2.05, 4.69) is 16.0 Å². The lowest BCUT2D eigenvalue weighted by Gasteiger charge is -2.08. The summed E-state index contributed by atoms with van der Waals surface area (Å²) in [4.78, 5) is 33.1. The minimum absolute atomic E-state index is 0.105. The molecule has 0 atom stereocenters. The number of carbonyl (C=O) groups is 3. The van der Waals surface area contributed by atoms with Gasteiger partial charge in [0.15, 0.2) is 0 Å². The number of aryl methyl sites for hydroxylation is 1. The van der Waals surface area contributed by atoms with Gasteiger partial charge < -0.3 is 21.1 Å². The molecule has 0 aliphatic heterocycles. The third-order valence-electron chi connectivity index (χ3n) is 2.47. The molecule has 0 saturated heterocycles. The molecule has 108 valence electrons. The molecule has 3 amide bonds. The van der Waals surface area contributed by atoms with Crippen LogP contribution >= 0.6 is 0 Å². The molecule has 7 nitrogen and oxygen atoms in total. The van der Waals surface area contributed by atoms with E-state index < -0.39 is 11.8 Å². The van der Waals surface area contributed by atoms with E-state index in [0.29, 0.717) is 19.4 Å². The normalized spacial score (nSPS) is 9.65. The van der Waals surface area contributed by atoms with E-state index in [1.54, 1.807) is 19.1 Å². The van der Waals surface area contributed by atoms with Crippen molar-refractivity contribution in [3.63, 3.8) is 0 Å². The van der Waals surface area contributed by atoms with Crippen LogP contribution in [0.3, 0.4) is 0 Å². The van der Waals surface area contributed by atoms with Gasteiger partial charge in [-0.2, -0.15) is 0 Å². The Morgan fingerprint density at radius 2 is 2.00 bits per heavy atom. The summed E-state index contributed by atoms with van der Waals surface area (Å²) in [5.41, 5.74) is 1.03. The van der Waals surface area contributed by atoms with Gasteiger partial charge in [-0.05, 0) is 31.0 Å². The van der Waals surface area contributed by atoms with Crippen molar-refractivity contribution in [3.8, 4) is 5.75 Å². The van der Waals surface area contributed by atoms with Crippen LogP contribution in [0, 0.1) is 6.92 Å². The first-order valence-corrected chi connectivity index (χ1v) is 6.10. The highest BCUT2D eigenvalue weighted by molar-refractivity contribution is 6.39. The average molecular weight is 279 g/mol. The molecule has 0 saturated carbocycles. The Balaban J connectivity index is 2.43. The van der Waals surface area contributed by atoms with Crippen LogP contribution in [-0.4, -0.2) is 36.4 Å². The SMILES string of the molecule is Cc1ccc(O)c(NC(=O)C(=O)NCCCNC=O)c1. The summed E-state index contributed by atoms with van der Waals surface area (Å²) >= 11 is 0. The molecule has 1 aromatic carbocycles. The molecule has 0 aromatic heterocycles. The van der Waals surface area contributed by atoms with Crippen molar-refractivity contribution < 1.29 is 19.5 Å². The van der Waals surface area contributed by atoms with E-state index in [1.807, 2.05) is 0 Å². The number of aromatic hydroxyl groups is 1. The maximum Gasteiger partial charge on any atom is 0.313 e. The molecule has 0 aliphatic rings. The third-order valence-corrected chi connectivity index (χ3v) is 2.47. The molecular formula is C13H17N3O4. The Kier molecular flexibility index (Phi) is 6.02. The van der Waals surface area contributed by atoms with E-state index in [9.17, 15) is 19.5 Å². The van der Waals surface area contributed by atoms with Crippen LogP contribution in [0.1, 0.15) is 12.0 Å². The largest absolute Gasteiger partial charge is 0.506 e. The Hall–Kier alpha value is -2.57. The second-order valence-corrected chi connectivity index (χ2v) is 4.16. The van der Waals surface area contributed by atoms with Crippen molar-refractivity contribution in [2.45, 2.75) is 13.3 Å². The van der Waals surface area contributed by atoms with Crippen molar-refractivity contribution in [2.24, 2.45) is 0 Å². The maximum absolute atomic E-state index is 11.6. The smallest absolute Gasteiger partial charge is 0.313 e. The number of carbonyl (C=O) groups excluding carboxylic acids is 3. The second kappa shape index (κ2) is 7.78. The molecule has 20 heavy (non-hydrogen) atoms. The fourth-order valence-corrected chi connectivity index (χ4v) is 1.46. The second-order valence-electron chi connectivity index (χ2n) is 4.16. The number of hydrogen-bond donors (Lipinski definition) is 4. The van der Waals surface area contributed by atoms with Gasteiger partial charge in [-0.1, -0.05) is 6.07 Å². The summed E-state index contributed by atoms with van der Waals surface area (Å²) in [6.07, 6.45) is 1.09. The highest BCUT2D eigenvalue weighted by atomic mass is 16.3. The number of rotatable bonds is 6. The van der Waals surface area contributed by atoms with Crippen molar-refractivity contribution in [2.75, 3.05) is 18.4 Å². The molecule has 7 heteroatoms. The zero-order valence-electron chi connectivity index (χ0n) is 11.1. The number of phenols is 1. The van der Waals surface area contributed by atoms with Gasteiger partial charge in [0.25, 0.3) is 0 Å². The van der Waals surface area contributed by atoms with Gasteiger partial charge in [0, 0.05) is 13.1 Å². The highest BCUT2D eigenvalue weighted by Gasteiger charge is 2.14. The number of hydrogen-bond acceptors (Lipinski definition) is 4. The fraction of sp³-hybridized carbons (Fsp3) is 0.308. The van der Waals surface area contributed by atoms with Gasteiger partial charge in [-0.15, -0.1) is 0 Å². The summed E-state index contributed by atoms with van der Waals surface area (Å²) in [6.45, 7) is 2.49. The molecule has 1 aromatic rings. The van der Waals surface area contributed by atoms with Crippen LogP contribution in [0.4, 0.5) is 5.69 Å². The van der Waals surface area contributed by atoms with Crippen molar-refractivity contribution in [1.82, 2.24) is 10.6 Å². The van der Waals surface area contributed by atoms with E-state index in [0.717, 1.165) is 5.56 Å². The third kappa shape index (κ3) is 4.97. The number of anilines is 1. The minimum Gasteiger partial charge on any atom is -0.506 e. The van der Waals surface area contributed by atoms with Crippen LogP contribution in [0.5, 0.6) is 5.75 Å². The quantitative estimate of drug-likeness (QED) is 0.252. The Bertz CT molecular complexity index is 502. The van der Waals surface area contributed by atoms with Crippen LogP contribution < -0.4 is 16.0 Å². The van der Waals surface area contributed by atoms with Crippen LogP contribution in [0.25, 0.3) is 0 Å². The first-order valence-electron chi connectivity index (χ1n) is 6.10. The highest BCUT2D eigenvalue weighted by Crippen LogP contribution is 2.23. The summed E-state index contributed by atoms with van der Waals surface area (Å²) in [6, 6.07) is 4.69. The summed E-state index contributed by atoms with van der Waals surface area (Å²) in [5.74, 6) is -1.75. The zero-order valence-corrected chi connectivity index (χ0v) is 11.1. The molecular weight excluding hydrogens is 262 g/mol. The lowest BCUT2D eigenvalue weighted by Crippen LogP contribution is -2.36. The molecule has 1 rings (SSSR count). The van der Waals surface area contributed by atoms with E-state index in [4.69, 9.17) is 0 Å². The molecule has 0 aliphatic carbocycles. The molecule has 0 bridgehead atoms. The Morgan fingerprint density at radius 1 is 1.25 bits per heavy atom. The molecule has 0 heterocycles. The van der Waals surface area contributed by atoms with Crippen molar-refractivity contribution in [3.05, 3.63) is 23.8 Å². The van der Waals surface area contributed by atoms with Gasteiger partial charge in [-0.25, -0.2) is 0 Å². The van der Waals surface area contributed by atoms with Crippen molar-refractivity contribution in [1.29, 1.82) is 0 Å². The summed E-state index contributed by atoms with van der Waals surface area (Å²) in [5, 5.41) is 16.7. The number of amides is 3. The van der Waals surface area contributed by atoms with E-state index in [-0.39, 0.29) is 18.0 Å². The van der Waals surface area contributed by atoms with Gasteiger partial charge >= 0.3 is 11.8 Å². The monoisotopic (exact) mass is 279 g/mol.